The first-order valence-electron chi connectivity index (χ1n) is 7.39. The van der Waals surface area contributed by atoms with Crippen molar-refractivity contribution < 1.29 is 9.53 Å². The third-order valence-electron chi connectivity index (χ3n) is 3.63. The van der Waals surface area contributed by atoms with Crippen LogP contribution in [0.4, 0.5) is 4.79 Å². The first kappa shape index (κ1) is 15.1. The molecule has 22 heavy (non-hydrogen) atoms. The van der Waals surface area contributed by atoms with Gasteiger partial charge < -0.3 is 9.64 Å². The molecule has 1 aromatic carbocycles. The van der Waals surface area contributed by atoms with E-state index in [1.165, 1.54) is 0 Å². The average Bonchev–Trinajstić information content (AvgIpc) is 2.45. The Labute approximate surface area is 135 Å². The molecule has 1 aliphatic rings. The van der Waals surface area contributed by atoms with E-state index in [2.05, 4.69) is 4.98 Å². The lowest BCUT2D eigenvalue weighted by Gasteiger charge is -2.31. The van der Waals surface area contributed by atoms with E-state index in [1.54, 1.807) is 4.90 Å². The van der Waals surface area contributed by atoms with Gasteiger partial charge in [0.1, 0.15) is 5.60 Å². The minimum atomic E-state index is -0.497. The van der Waals surface area contributed by atoms with Gasteiger partial charge in [0.05, 0.1) is 17.1 Å². The summed E-state index contributed by atoms with van der Waals surface area (Å²) in [5.74, 6) is 0. The molecule has 0 spiro atoms. The van der Waals surface area contributed by atoms with Gasteiger partial charge in [-0.3, -0.25) is 4.98 Å². The number of carbonyl (C=O) groups excluding carboxylic acids is 1. The van der Waals surface area contributed by atoms with Gasteiger partial charge in [0.25, 0.3) is 0 Å². The Bertz CT molecular complexity index is 737. The molecule has 2 heterocycles. The number of ether oxygens (including phenoxy) is 1. The monoisotopic (exact) mass is 318 g/mol. The molecule has 0 bridgehead atoms. The number of halogens is 1. The van der Waals surface area contributed by atoms with Crippen LogP contribution in [0, 0.1) is 0 Å². The second-order valence-corrected chi connectivity index (χ2v) is 6.90. The second-order valence-electron chi connectivity index (χ2n) is 6.52. The largest absolute Gasteiger partial charge is 0.444 e. The van der Waals surface area contributed by atoms with Crippen LogP contribution in [0.25, 0.3) is 10.9 Å². The Kier molecular flexibility index (Phi) is 3.73. The predicted octanol–water partition coefficient (Wildman–Crippen LogP) is 4.18. The summed E-state index contributed by atoms with van der Waals surface area (Å²) in [4.78, 5) is 18.6. The summed E-state index contributed by atoms with van der Waals surface area (Å²) in [5.41, 5.74) is 2.31. The van der Waals surface area contributed by atoms with E-state index in [0.717, 1.165) is 22.2 Å². The maximum absolute atomic E-state index is 12.2. The topological polar surface area (TPSA) is 42.4 Å². The van der Waals surface area contributed by atoms with Crippen molar-refractivity contribution in [2.24, 2.45) is 0 Å². The highest BCUT2D eigenvalue weighted by Crippen LogP contribution is 2.32. The average molecular weight is 319 g/mol. The molecule has 0 N–H and O–H groups in total. The Morgan fingerprint density at radius 1 is 1.32 bits per heavy atom. The van der Waals surface area contributed by atoms with Crippen molar-refractivity contribution in [3.63, 3.8) is 0 Å². The minimum absolute atomic E-state index is 0.303. The molecule has 0 saturated heterocycles. The van der Waals surface area contributed by atoms with Crippen molar-refractivity contribution in [2.45, 2.75) is 39.3 Å². The maximum atomic E-state index is 12.2. The van der Waals surface area contributed by atoms with Gasteiger partial charge in [-0.25, -0.2) is 4.79 Å². The van der Waals surface area contributed by atoms with E-state index in [4.69, 9.17) is 16.3 Å². The summed E-state index contributed by atoms with van der Waals surface area (Å²) in [7, 11) is 0. The van der Waals surface area contributed by atoms with Crippen molar-refractivity contribution in [2.75, 3.05) is 6.54 Å². The number of amides is 1. The molecule has 0 saturated carbocycles. The molecule has 0 atom stereocenters. The molecular weight excluding hydrogens is 300 g/mol. The molecule has 1 amide bonds. The number of hydrogen-bond donors (Lipinski definition) is 0. The van der Waals surface area contributed by atoms with Crippen LogP contribution < -0.4 is 0 Å². The first-order chi connectivity index (χ1) is 10.3. The van der Waals surface area contributed by atoms with E-state index in [9.17, 15) is 4.79 Å². The molecule has 116 valence electrons. The molecule has 2 aromatic rings. The van der Waals surface area contributed by atoms with E-state index in [1.807, 2.05) is 45.0 Å². The summed E-state index contributed by atoms with van der Waals surface area (Å²) in [5, 5.41) is 1.61. The van der Waals surface area contributed by atoms with Crippen LogP contribution in [-0.4, -0.2) is 28.1 Å². The lowest BCUT2D eigenvalue weighted by atomic mass is 10.0. The standard InChI is InChI=1S/C17H19ClN2O2/c1-17(2,3)22-16(21)20-9-8-14-12(10-20)15(18)11-6-4-5-7-13(11)19-14/h4-7H,8-10H2,1-3H3. The van der Waals surface area contributed by atoms with Gasteiger partial charge in [0, 0.05) is 29.6 Å². The fourth-order valence-corrected chi connectivity index (χ4v) is 2.95. The number of carbonyl (C=O) groups is 1. The van der Waals surface area contributed by atoms with E-state index >= 15 is 0 Å². The van der Waals surface area contributed by atoms with Crippen molar-refractivity contribution in [3.8, 4) is 0 Å². The minimum Gasteiger partial charge on any atom is -0.444 e. The molecule has 5 heteroatoms. The molecule has 4 nitrogen and oxygen atoms in total. The van der Waals surface area contributed by atoms with Gasteiger partial charge in [-0.2, -0.15) is 0 Å². The Morgan fingerprint density at radius 3 is 2.77 bits per heavy atom. The fourth-order valence-electron chi connectivity index (χ4n) is 2.62. The number of aromatic nitrogens is 1. The quantitative estimate of drug-likeness (QED) is 0.731. The summed E-state index contributed by atoms with van der Waals surface area (Å²) < 4.78 is 5.44. The smallest absolute Gasteiger partial charge is 0.410 e. The zero-order valence-corrected chi connectivity index (χ0v) is 13.8. The van der Waals surface area contributed by atoms with Crippen LogP contribution in [0.15, 0.2) is 24.3 Å². The van der Waals surface area contributed by atoms with Crippen LogP contribution >= 0.6 is 11.6 Å². The summed E-state index contributed by atoms with van der Waals surface area (Å²) >= 11 is 6.54. The maximum Gasteiger partial charge on any atom is 0.410 e. The van der Waals surface area contributed by atoms with E-state index in [-0.39, 0.29) is 6.09 Å². The number of nitrogens with zero attached hydrogens (tertiary/aromatic N) is 2. The Morgan fingerprint density at radius 2 is 2.05 bits per heavy atom. The number of para-hydroxylation sites is 1. The van der Waals surface area contributed by atoms with E-state index in [0.29, 0.717) is 24.5 Å². The Balaban J connectivity index is 1.92. The summed E-state index contributed by atoms with van der Waals surface area (Å²) in [6.07, 6.45) is 0.390. The molecule has 0 aliphatic carbocycles. The molecular formula is C17H19ClN2O2. The van der Waals surface area contributed by atoms with Crippen molar-refractivity contribution in [3.05, 3.63) is 40.5 Å². The van der Waals surface area contributed by atoms with Crippen LogP contribution in [-0.2, 0) is 17.7 Å². The fraction of sp³-hybridized carbons (Fsp3) is 0.412. The lowest BCUT2D eigenvalue weighted by Crippen LogP contribution is -2.40. The number of benzene rings is 1. The van der Waals surface area contributed by atoms with Crippen LogP contribution in [0.2, 0.25) is 5.02 Å². The van der Waals surface area contributed by atoms with Crippen molar-refractivity contribution in [1.29, 1.82) is 0 Å². The highest BCUT2D eigenvalue weighted by atomic mass is 35.5. The zero-order valence-electron chi connectivity index (χ0n) is 13.0. The van der Waals surface area contributed by atoms with Crippen molar-refractivity contribution >= 4 is 28.6 Å². The molecule has 1 aliphatic heterocycles. The van der Waals surface area contributed by atoms with Gasteiger partial charge in [0.2, 0.25) is 0 Å². The SMILES string of the molecule is CC(C)(C)OC(=O)N1CCc2nc3ccccc3c(Cl)c2C1. The van der Waals surface area contributed by atoms with Gasteiger partial charge in [-0.1, -0.05) is 29.8 Å². The third-order valence-corrected chi connectivity index (χ3v) is 4.06. The normalized spacial score (nSPS) is 14.8. The summed E-state index contributed by atoms with van der Waals surface area (Å²) in [6, 6.07) is 7.81. The highest BCUT2D eigenvalue weighted by molar-refractivity contribution is 6.36. The molecule has 0 unspecified atom stereocenters. The zero-order chi connectivity index (χ0) is 15.9. The van der Waals surface area contributed by atoms with Gasteiger partial charge in [0.15, 0.2) is 0 Å². The van der Waals surface area contributed by atoms with Crippen molar-refractivity contribution in [1.82, 2.24) is 9.88 Å². The molecule has 1 aromatic heterocycles. The lowest BCUT2D eigenvalue weighted by molar-refractivity contribution is 0.0223. The second kappa shape index (κ2) is 5.43. The number of rotatable bonds is 0. The Hall–Kier alpha value is -1.81. The van der Waals surface area contributed by atoms with Crippen LogP contribution in [0.3, 0.4) is 0 Å². The molecule has 0 fully saturated rings. The van der Waals surface area contributed by atoms with Gasteiger partial charge >= 0.3 is 6.09 Å². The summed E-state index contributed by atoms with van der Waals surface area (Å²) in [6.45, 7) is 6.64. The van der Waals surface area contributed by atoms with Gasteiger partial charge in [-0.15, -0.1) is 0 Å². The van der Waals surface area contributed by atoms with Crippen LogP contribution in [0.1, 0.15) is 32.0 Å². The molecule has 0 radical (unpaired) electrons. The first-order valence-corrected chi connectivity index (χ1v) is 7.77. The predicted molar refractivity (Wildman–Crippen MR) is 87.1 cm³/mol. The molecule has 3 rings (SSSR count). The van der Waals surface area contributed by atoms with Crippen LogP contribution in [0.5, 0.6) is 0 Å². The number of hydrogen-bond acceptors (Lipinski definition) is 3. The number of fused-ring (bicyclic) bond motifs is 2. The number of pyridine rings is 1. The van der Waals surface area contributed by atoms with Gasteiger partial charge in [-0.05, 0) is 26.8 Å². The third kappa shape index (κ3) is 2.88. The highest BCUT2D eigenvalue weighted by Gasteiger charge is 2.28. The van der Waals surface area contributed by atoms with E-state index < -0.39 is 5.60 Å².